The SMILES string of the molecule is CCOC(=O)C1CCC(O[C@@H](N2CCC3(CC3)C2)N2CCC[C@H]2C(=O)Cc2cc(Cl)c(NC(=O)c3csc4ccccc34)cc2F)CC1. The molecule has 11 heteroatoms. The zero-order valence-corrected chi connectivity index (χ0v) is 28.9. The van der Waals surface area contributed by atoms with Gasteiger partial charge in [0.25, 0.3) is 5.91 Å². The quantitative estimate of drug-likeness (QED) is 0.209. The molecule has 1 N–H and O–H groups in total. The Morgan fingerprint density at radius 3 is 2.62 bits per heavy atom. The number of ketones is 1. The molecule has 48 heavy (non-hydrogen) atoms. The van der Waals surface area contributed by atoms with Gasteiger partial charge >= 0.3 is 5.97 Å². The molecular weight excluding hydrogens is 653 g/mol. The fourth-order valence-corrected chi connectivity index (χ4v) is 9.03. The van der Waals surface area contributed by atoms with E-state index in [2.05, 4.69) is 15.1 Å². The molecule has 1 amide bonds. The number of Topliss-reactive ketones (excluding diaryl/α,β-unsaturated/α-hetero) is 1. The molecule has 2 saturated carbocycles. The molecule has 8 nitrogen and oxygen atoms in total. The summed E-state index contributed by atoms with van der Waals surface area (Å²) in [5, 5.41) is 5.54. The predicted molar refractivity (Wildman–Crippen MR) is 185 cm³/mol. The molecule has 0 unspecified atom stereocenters. The van der Waals surface area contributed by atoms with Crippen LogP contribution >= 0.6 is 22.9 Å². The third-order valence-corrected chi connectivity index (χ3v) is 12.0. The second-order valence-corrected chi connectivity index (χ2v) is 15.3. The Balaban J connectivity index is 1.03. The Labute approximate surface area is 289 Å². The highest BCUT2D eigenvalue weighted by atomic mass is 35.5. The standard InChI is InChI=1S/C37H43ClFN3O5S/c1-2-46-35(45)23-9-11-25(12-10-23)47-36(41-17-15-37(22-41)13-14-37)42-16-5-7-31(42)32(43)19-24-18-28(38)30(20-29(24)39)40-34(44)27-21-48-33-8-4-3-6-26(27)33/h3-4,6,8,18,20-21,23,25,31,36H,2,5,7,9-17,19,22H2,1H3,(H,40,44)/t23?,25?,31-,36-/m0/s1. The number of nitrogens with one attached hydrogen (secondary N) is 1. The van der Waals surface area contributed by atoms with Crippen molar-refractivity contribution in [3.05, 3.63) is 63.7 Å². The van der Waals surface area contributed by atoms with E-state index in [4.69, 9.17) is 21.1 Å². The summed E-state index contributed by atoms with van der Waals surface area (Å²) in [6.45, 7) is 4.85. The maximum absolute atomic E-state index is 15.5. The summed E-state index contributed by atoms with van der Waals surface area (Å²) in [6.07, 6.45) is 7.77. The second-order valence-electron chi connectivity index (χ2n) is 14.0. The zero-order valence-electron chi connectivity index (χ0n) is 27.4. The molecule has 1 aromatic heterocycles. The van der Waals surface area contributed by atoms with Gasteiger partial charge in [0.1, 0.15) is 5.82 Å². The lowest BCUT2D eigenvalue weighted by molar-refractivity contribution is -0.190. The highest BCUT2D eigenvalue weighted by molar-refractivity contribution is 7.17. The van der Waals surface area contributed by atoms with Gasteiger partial charge in [-0.3, -0.25) is 24.2 Å². The van der Waals surface area contributed by atoms with E-state index < -0.39 is 11.9 Å². The minimum Gasteiger partial charge on any atom is -0.466 e. The first kappa shape index (κ1) is 33.6. The van der Waals surface area contributed by atoms with Crippen LogP contribution in [0.4, 0.5) is 10.1 Å². The normalized spacial score (nSPS) is 24.6. The maximum atomic E-state index is 15.5. The van der Waals surface area contributed by atoms with Crippen LogP contribution in [-0.4, -0.2) is 72.2 Å². The third kappa shape index (κ3) is 7.05. The molecule has 7 rings (SSSR count). The molecule has 2 aliphatic carbocycles. The summed E-state index contributed by atoms with van der Waals surface area (Å²) in [4.78, 5) is 43.9. The maximum Gasteiger partial charge on any atom is 0.308 e. The number of carbonyl (C=O) groups excluding carboxylic acids is 3. The molecule has 1 spiro atoms. The summed E-state index contributed by atoms with van der Waals surface area (Å²) >= 11 is 8.03. The monoisotopic (exact) mass is 695 g/mol. The largest absolute Gasteiger partial charge is 0.466 e. The number of likely N-dealkylation sites (tertiary alicyclic amines) is 2. The molecule has 4 aliphatic rings. The lowest BCUT2D eigenvalue weighted by Crippen LogP contribution is -2.54. The smallest absolute Gasteiger partial charge is 0.308 e. The van der Waals surface area contributed by atoms with Crippen molar-refractivity contribution in [2.45, 2.75) is 89.6 Å². The van der Waals surface area contributed by atoms with E-state index >= 15 is 4.39 Å². The van der Waals surface area contributed by atoms with E-state index in [1.807, 2.05) is 31.2 Å². The number of ether oxygens (including phenoxy) is 2. The lowest BCUT2D eigenvalue weighted by Gasteiger charge is -2.41. The van der Waals surface area contributed by atoms with Crippen LogP contribution in [0.2, 0.25) is 5.02 Å². The summed E-state index contributed by atoms with van der Waals surface area (Å²) in [5.74, 6) is -1.21. The summed E-state index contributed by atoms with van der Waals surface area (Å²) in [5.41, 5.74) is 1.27. The van der Waals surface area contributed by atoms with Crippen LogP contribution in [0, 0.1) is 17.2 Å². The lowest BCUT2D eigenvalue weighted by atomic mass is 9.87. The number of esters is 1. The molecule has 3 aromatic rings. The average Bonchev–Trinajstić information content (AvgIpc) is 3.42. The van der Waals surface area contributed by atoms with E-state index in [0.717, 1.165) is 68.2 Å². The Hall–Kier alpha value is -2.89. The van der Waals surface area contributed by atoms with Gasteiger partial charge in [0, 0.05) is 41.5 Å². The van der Waals surface area contributed by atoms with Crippen LogP contribution in [0.5, 0.6) is 0 Å². The molecule has 0 bridgehead atoms. The van der Waals surface area contributed by atoms with Crippen molar-refractivity contribution < 1.29 is 28.2 Å². The minimum atomic E-state index is -0.579. The number of hydrogen-bond donors (Lipinski definition) is 1. The molecule has 4 fully saturated rings. The number of carbonyl (C=O) groups is 3. The zero-order chi connectivity index (χ0) is 33.4. The van der Waals surface area contributed by atoms with E-state index in [1.165, 1.54) is 36.3 Å². The number of thiophene rings is 1. The van der Waals surface area contributed by atoms with E-state index in [1.54, 1.807) is 5.38 Å². The van der Waals surface area contributed by atoms with Crippen molar-refractivity contribution in [3.8, 4) is 0 Å². The number of nitrogens with zero attached hydrogens (tertiary/aromatic N) is 2. The Morgan fingerprint density at radius 2 is 1.88 bits per heavy atom. The summed E-state index contributed by atoms with van der Waals surface area (Å²) in [6, 6.07) is 9.89. The van der Waals surface area contributed by atoms with Gasteiger partial charge in [0.2, 0.25) is 0 Å². The van der Waals surface area contributed by atoms with Crippen LogP contribution in [0.15, 0.2) is 41.8 Å². The average molecular weight is 696 g/mol. The number of amides is 1. The Kier molecular flexibility index (Phi) is 9.91. The van der Waals surface area contributed by atoms with Gasteiger partial charge in [-0.15, -0.1) is 11.3 Å². The molecule has 2 saturated heterocycles. The van der Waals surface area contributed by atoms with Gasteiger partial charge in [-0.05, 0) is 93.9 Å². The number of fused-ring (bicyclic) bond motifs is 1. The van der Waals surface area contributed by atoms with Crippen molar-refractivity contribution in [2.24, 2.45) is 11.3 Å². The second kappa shape index (κ2) is 14.2. The minimum absolute atomic E-state index is 0.00106. The molecule has 2 aliphatic heterocycles. The number of rotatable bonds is 11. The first-order valence-corrected chi connectivity index (χ1v) is 18.6. The van der Waals surface area contributed by atoms with Gasteiger partial charge < -0.3 is 14.8 Å². The van der Waals surface area contributed by atoms with E-state index in [-0.39, 0.29) is 58.7 Å². The number of halogens is 2. The van der Waals surface area contributed by atoms with Gasteiger partial charge in [-0.1, -0.05) is 29.8 Å². The van der Waals surface area contributed by atoms with Crippen molar-refractivity contribution in [1.82, 2.24) is 9.80 Å². The fourth-order valence-electron chi connectivity index (χ4n) is 7.85. The Bertz CT molecular complexity index is 1690. The molecule has 256 valence electrons. The van der Waals surface area contributed by atoms with Gasteiger partial charge in [0.15, 0.2) is 12.1 Å². The van der Waals surface area contributed by atoms with E-state index in [9.17, 15) is 14.4 Å². The summed E-state index contributed by atoms with van der Waals surface area (Å²) in [7, 11) is 0. The molecule has 2 atom stereocenters. The topological polar surface area (TPSA) is 88.2 Å². The van der Waals surface area contributed by atoms with Crippen LogP contribution < -0.4 is 5.32 Å². The van der Waals surface area contributed by atoms with Crippen molar-refractivity contribution in [2.75, 3.05) is 31.6 Å². The van der Waals surface area contributed by atoms with Crippen LogP contribution in [0.1, 0.15) is 80.6 Å². The van der Waals surface area contributed by atoms with Crippen LogP contribution in [0.25, 0.3) is 10.1 Å². The summed E-state index contributed by atoms with van der Waals surface area (Å²) < 4.78 is 28.6. The fraction of sp³-hybridized carbons (Fsp3) is 0.541. The first-order valence-electron chi connectivity index (χ1n) is 17.3. The highest BCUT2D eigenvalue weighted by Crippen LogP contribution is 2.53. The van der Waals surface area contributed by atoms with Crippen molar-refractivity contribution in [3.63, 3.8) is 0 Å². The number of anilines is 1. The highest BCUT2D eigenvalue weighted by Gasteiger charge is 2.51. The third-order valence-electron chi connectivity index (χ3n) is 10.8. The predicted octanol–water partition coefficient (Wildman–Crippen LogP) is 7.43. The molecule has 3 heterocycles. The molecular formula is C37H43ClFN3O5S. The van der Waals surface area contributed by atoms with Crippen LogP contribution in [0.3, 0.4) is 0 Å². The van der Waals surface area contributed by atoms with Gasteiger partial charge in [0.05, 0.1) is 40.9 Å². The molecule has 2 aromatic carbocycles. The first-order chi connectivity index (χ1) is 23.2. The number of benzene rings is 2. The van der Waals surface area contributed by atoms with Crippen molar-refractivity contribution >= 4 is 56.4 Å². The van der Waals surface area contributed by atoms with Gasteiger partial charge in [-0.25, -0.2) is 4.39 Å². The van der Waals surface area contributed by atoms with Crippen molar-refractivity contribution in [1.29, 1.82) is 0 Å². The van der Waals surface area contributed by atoms with E-state index in [0.29, 0.717) is 24.0 Å². The Morgan fingerprint density at radius 1 is 1.08 bits per heavy atom. The number of hydrogen-bond acceptors (Lipinski definition) is 8. The molecule has 0 radical (unpaired) electrons. The van der Waals surface area contributed by atoms with Crippen LogP contribution in [-0.2, 0) is 25.5 Å². The van der Waals surface area contributed by atoms with Gasteiger partial charge in [-0.2, -0.15) is 0 Å².